The zero-order valence-electron chi connectivity index (χ0n) is 7.38. The lowest BCUT2D eigenvalue weighted by atomic mass is 10.1. The van der Waals surface area contributed by atoms with Gasteiger partial charge in [-0.1, -0.05) is 0 Å². The largest absolute Gasteiger partial charge is 0.416 e. The van der Waals surface area contributed by atoms with Gasteiger partial charge in [-0.3, -0.25) is 10.1 Å². The molecule has 0 N–H and O–H groups in total. The zero-order valence-corrected chi connectivity index (χ0v) is 8.96. The molecule has 0 aliphatic carbocycles. The molecule has 4 nitrogen and oxygen atoms in total. The maximum Gasteiger partial charge on any atom is 0.416 e. The molecular weight excluding hydrogens is 293 g/mol. The summed E-state index contributed by atoms with van der Waals surface area (Å²) >= 11 is 2.71. The Hall–Kier alpha value is -1.62. The minimum atomic E-state index is -4.73. The predicted octanol–water partition coefficient (Wildman–Crippen LogP) is 3.25. The number of nitro groups is 1. The highest BCUT2D eigenvalue weighted by molar-refractivity contribution is 9.10. The van der Waals surface area contributed by atoms with Gasteiger partial charge in [-0.05, 0) is 22.0 Å². The fourth-order valence-corrected chi connectivity index (χ4v) is 1.45. The molecule has 0 unspecified atom stereocenters. The van der Waals surface area contributed by atoms with E-state index in [9.17, 15) is 23.3 Å². The second-order valence-electron chi connectivity index (χ2n) is 2.72. The number of alkyl halides is 3. The Labute approximate surface area is 95.6 Å². The fourth-order valence-electron chi connectivity index (χ4n) is 0.987. The van der Waals surface area contributed by atoms with Crippen LogP contribution in [0.15, 0.2) is 16.6 Å². The molecule has 1 aromatic rings. The Kier molecular flexibility index (Phi) is 3.19. The summed E-state index contributed by atoms with van der Waals surface area (Å²) in [6.07, 6.45) is -4.73. The summed E-state index contributed by atoms with van der Waals surface area (Å²) in [5.41, 5.74) is -2.44. The van der Waals surface area contributed by atoms with E-state index in [-0.39, 0.29) is 4.47 Å². The van der Waals surface area contributed by atoms with Crippen LogP contribution in [0.2, 0.25) is 0 Å². The summed E-state index contributed by atoms with van der Waals surface area (Å²) in [5, 5.41) is 19.0. The van der Waals surface area contributed by atoms with Gasteiger partial charge in [0, 0.05) is 6.07 Å². The van der Waals surface area contributed by atoms with Crippen molar-refractivity contribution in [3.63, 3.8) is 0 Å². The molecule has 1 rings (SSSR count). The molecule has 0 fully saturated rings. The summed E-state index contributed by atoms with van der Waals surface area (Å²) in [6, 6.07) is 2.38. The van der Waals surface area contributed by atoms with E-state index in [2.05, 4.69) is 15.9 Å². The minimum absolute atomic E-state index is 0.256. The number of halogens is 4. The first-order valence-corrected chi connectivity index (χ1v) is 4.52. The van der Waals surface area contributed by atoms with Crippen molar-refractivity contribution in [2.24, 2.45) is 0 Å². The number of hydrogen-bond donors (Lipinski definition) is 0. The minimum Gasteiger partial charge on any atom is -0.258 e. The summed E-state index contributed by atoms with van der Waals surface area (Å²) < 4.78 is 36.7. The van der Waals surface area contributed by atoms with Crippen molar-refractivity contribution >= 4 is 21.6 Å². The molecule has 0 saturated heterocycles. The molecule has 0 amide bonds. The van der Waals surface area contributed by atoms with Gasteiger partial charge in [0.05, 0.1) is 16.1 Å². The Morgan fingerprint density at radius 2 is 2.00 bits per heavy atom. The molecule has 0 radical (unpaired) electrons. The van der Waals surface area contributed by atoms with Crippen molar-refractivity contribution in [2.75, 3.05) is 0 Å². The molecular formula is C8H2BrF3N2O2. The standard InChI is InChI=1S/C8H2BrF3N2O2/c9-7-4(3-13)1-5(8(10,11)12)2-6(7)14(15)16/h1-2H. The van der Waals surface area contributed by atoms with Crippen molar-refractivity contribution in [2.45, 2.75) is 6.18 Å². The van der Waals surface area contributed by atoms with Crippen molar-refractivity contribution in [3.8, 4) is 6.07 Å². The van der Waals surface area contributed by atoms with E-state index < -0.39 is 27.9 Å². The molecule has 0 aliphatic rings. The summed E-state index contributed by atoms with van der Waals surface area (Å²) in [5.74, 6) is 0. The van der Waals surface area contributed by atoms with Gasteiger partial charge in [0.25, 0.3) is 5.69 Å². The van der Waals surface area contributed by atoms with Gasteiger partial charge in [0.2, 0.25) is 0 Å². The molecule has 0 heterocycles. The molecule has 0 spiro atoms. The maximum atomic E-state index is 12.3. The third kappa shape index (κ3) is 2.30. The lowest BCUT2D eigenvalue weighted by Gasteiger charge is -2.07. The van der Waals surface area contributed by atoms with E-state index in [1.165, 1.54) is 6.07 Å². The van der Waals surface area contributed by atoms with Crippen molar-refractivity contribution in [1.82, 2.24) is 0 Å². The van der Waals surface area contributed by atoms with Crippen molar-refractivity contribution < 1.29 is 18.1 Å². The molecule has 0 aliphatic heterocycles. The van der Waals surface area contributed by atoms with E-state index in [1.54, 1.807) is 0 Å². The van der Waals surface area contributed by atoms with Crippen molar-refractivity contribution in [3.05, 3.63) is 37.8 Å². The van der Waals surface area contributed by atoms with Gasteiger partial charge < -0.3 is 0 Å². The van der Waals surface area contributed by atoms with Crippen LogP contribution in [0, 0.1) is 21.4 Å². The molecule has 16 heavy (non-hydrogen) atoms. The highest BCUT2D eigenvalue weighted by Gasteiger charge is 2.34. The average molecular weight is 295 g/mol. The third-order valence-corrected chi connectivity index (χ3v) is 2.53. The molecule has 0 bridgehead atoms. The van der Waals surface area contributed by atoms with Crippen LogP contribution in [0.25, 0.3) is 0 Å². The maximum absolute atomic E-state index is 12.3. The highest BCUT2D eigenvalue weighted by atomic mass is 79.9. The SMILES string of the molecule is N#Cc1cc(C(F)(F)F)cc([N+](=O)[O-])c1Br. The topological polar surface area (TPSA) is 66.9 Å². The van der Waals surface area contributed by atoms with Gasteiger partial charge in [0.1, 0.15) is 10.5 Å². The Balaban J connectivity index is 3.54. The highest BCUT2D eigenvalue weighted by Crippen LogP contribution is 2.36. The van der Waals surface area contributed by atoms with E-state index in [4.69, 9.17) is 5.26 Å². The van der Waals surface area contributed by atoms with Crippen LogP contribution in [0.1, 0.15) is 11.1 Å². The predicted molar refractivity (Wildman–Crippen MR) is 50.5 cm³/mol. The van der Waals surface area contributed by atoms with Crippen LogP contribution in [0.5, 0.6) is 0 Å². The normalized spacial score (nSPS) is 10.9. The molecule has 8 heteroatoms. The first-order chi connectivity index (χ1) is 7.27. The first kappa shape index (κ1) is 12.4. The smallest absolute Gasteiger partial charge is 0.258 e. The van der Waals surface area contributed by atoms with E-state index in [0.717, 1.165) is 0 Å². The number of nitro benzene ring substituents is 1. The molecule has 0 aromatic heterocycles. The Morgan fingerprint density at radius 3 is 2.38 bits per heavy atom. The second-order valence-corrected chi connectivity index (χ2v) is 3.52. The van der Waals surface area contributed by atoms with Gasteiger partial charge in [0.15, 0.2) is 0 Å². The first-order valence-electron chi connectivity index (χ1n) is 3.72. The van der Waals surface area contributed by atoms with Crippen LogP contribution in [-0.2, 0) is 6.18 Å². The third-order valence-electron chi connectivity index (χ3n) is 1.70. The van der Waals surface area contributed by atoms with Crippen LogP contribution < -0.4 is 0 Å². The van der Waals surface area contributed by atoms with Gasteiger partial charge in [-0.15, -0.1) is 0 Å². The van der Waals surface area contributed by atoms with Crippen LogP contribution in [-0.4, -0.2) is 4.92 Å². The zero-order chi connectivity index (χ0) is 12.5. The van der Waals surface area contributed by atoms with Crippen LogP contribution >= 0.6 is 15.9 Å². The molecule has 1 aromatic carbocycles. The average Bonchev–Trinajstić information content (AvgIpc) is 2.15. The molecule has 0 atom stereocenters. The number of rotatable bonds is 1. The van der Waals surface area contributed by atoms with Crippen LogP contribution in [0.3, 0.4) is 0 Å². The second kappa shape index (κ2) is 4.09. The Bertz CT molecular complexity index is 493. The van der Waals surface area contributed by atoms with E-state index in [1.807, 2.05) is 0 Å². The number of hydrogen-bond acceptors (Lipinski definition) is 3. The monoisotopic (exact) mass is 294 g/mol. The lowest BCUT2D eigenvalue weighted by Crippen LogP contribution is -2.07. The van der Waals surface area contributed by atoms with E-state index >= 15 is 0 Å². The molecule has 84 valence electrons. The van der Waals surface area contributed by atoms with E-state index in [0.29, 0.717) is 12.1 Å². The number of nitrogens with zero attached hydrogens (tertiary/aromatic N) is 2. The van der Waals surface area contributed by atoms with Gasteiger partial charge >= 0.3 is 6.18 Å². The van der Waals surface area contributed by atoms with Gasteiger partial charge in [-0.2, -0.15) is 18.4 Å². The van der Waals surface area contributed by atoms with Gasteiger partial charge in [-0.25, -0.2) is 0 Å². The lowest BCUT2D eigenvalue weighted by molar-refractivity contribution is -0.385. The number of nitriles is 1. The quantitative estimate of drug-likeness (QED) is 0.590. The summed E-state index contributed by atoms with van der Waals surface area (Å²) in [7, 11) is 0. The fraction of sp³-hybridized carbons (Fsp3) is 0.125. The number of benzene rings is 1. The van der Waals surface area contributed by atoms with Crippen molar-refractivity contribution in [1.29, 1.82) is 5.26 Å². The summed E-state index contributed by atoms with van der Waals surface area (Å²) in [6.45, 7) is 0. The Morgan fingerprint density at radius 1 is 1.44 bits per heavy atom. The van der Waals surface area contributed by atoms with Crippen LogP contribution in [0.4, 0.5) is 18.9 Å². The molecule has 0 saturated carbocycles. The summed E-state index contributed by atoms with van der Waals surface area (Å²) in [4.78, 5) is 9.48.